The topological polar surface area (TPSA) is 82.5 Å². The molecule has 146 valence electrons. The molecule has 0 saturated heterocycles. The highest BCUT2D eigenvalue weighted by molar-refractivity contribution is 5.89. The van der Waals surface area contributed by atoms with Crippen LogP contribution in [0.5, 0.6) is 0 Å². The van der Waals surface area contributed by atoms with Crippen molar-refractivity contribution in [3.63, 3.8) is 0 Å². The first-order chi connectivity index (χ1) is 12.7. The number of hydrogen-bond acceptors (Lipinski definition) is 5. The number of ether oxygens (including phenoxy) is 2. The van der Waals surface area contributed by atoms with Crippen LogP contribution < -0.4 is 5.32 Å². The van der Waals surface area contributed by atoms with Crippen molar-refractivity contribution in [1.29, 1.82) is 0 Å². The normalized spacial score (nSPS) is 11.1. The molecule has 0 spiro atoms. The van der Waals surface area contributed by atoms with Gasteiger partial charge < -0.3 is 14.8 Å². The second-order valence-corrected chi connectivity index (χ2v) is 7.14. The third-order valence-corrected chi connectivity index (χ3v) is 3.76. The molecule has 0 aliphatic rings. The molecule has 0 radical (unpaired) electrons. The van der Waals surface area contributed by atoms with Gasteiger partial charge in [-0.15, -0.1) is 0 Å². The van der Waals surface area contributed by atoms with Gasteiger partial charge in [0.25, 0.3) is 0 Å². The van der Waals surface area contributed by atoms with Crippen molar-refractivity contribution in [2.45, 2.75) is 53.3 Å². The van der Waals surface area contributed by atoms with Gasteiger partial charge in [-0.3, -0.25) is 4.68 Å². The molecule has 1 heterocycles. The molecule has 1 N–H and O–H groups in total. The van der Waals surface area contributed by atoms with Crippen LogP contribution in [0.1, 0.15) is 55.0 Å². The monoisotopic (exact) mass is 373 g/mol. The molecule has 0 aliphatic carbocycles. The quantitative estimate of drug-likeness (QED) is 0.784. The number of nitrogens with zero attached hydrogens (tertiary/aromatic N) is 2. The highest BCUT2D eigenvalue weighted by atomic mass is 16.6. The molecule has 0 fully saturated rings. The predicted molar refractivity (Wildman–Crippen MR) is 102 cm³/mol. The third kappa shape index (κ3) is 5.84. The zero-order valence-electron chi connectivity index (χ0n) is 16.5. The van der Waals surface area contributed by atoms with Crippen molar-refractivity contribution >= 4 is 12.1 Å². The minimum atomic E-state index is -0.584. The van der Waals surface area contributed by atoms with Crippen molar-refractivity contribution in [3.05, 3.63) is 52.8 Å². The molecule has 0 bridgehead atoms. The number of carbonyl (C=O) groups is 2. The lowest BCUT2D eigenvalue weighted by Crippen LogP contribution is -2.32. The molecule has 0 aliphatic heterocycles. The standard InChI is InChI=1S/C20H27N3O4/c1-6-26-18(24)17-14(2)16(12-21-19(25)27-20(3,4)5)23(22-17)13-15-10-8-7-9-11-15/h7-11H,6,12-13H2,1-5H3,(H,21,25). The Morgan fingerprint density at radius 3 is 2.44 bits per heavy atom. The number of amides is 1. The van der Waals surface area contributed by atoms with E-state index in [0.29, 0.717) is 12.1 Å². The molecule has 2 rings (SSSR count). The molecule has 27 heavy (non-hydrogen) atoms. The van der Waals surface area contributed by atoms with E-state index in [9.17, 15) is 9.59 Å². The van der Waals surface area contributed by atoms with Gasteiger partial charge in [-0.25, -0.2) is 9.59 Å². The number of carbonyl (C=O) groups excluding carboxylic acids is 2. The maximum Gasteiger partial charge on any atom is 0.407 e. The molecular weight excluding hydrogens is 346 g/mol. The van der Waals surface area contributed by atoms with E-state index >= 15 is 0 Å². The summed E-state index contributed by atoms with van der Waals surface area (Å²) in [6.45, 7) is 9.90. The van der Waals surface area contributed by atoms with E-state index in [2.05, 4.69) is 10.4 Å². The number of aromatic nitrogens is 2. The summed E-state index contributed by atoms with van der Waals surface area (Å²) in [7, 11) is 0. The Morgan fingerprint density at radius 2 is 1.85 bits per heavy atom. The first kappa shape index (κ1) is 20.5. The van der Waals surface area contributed by atoms with E-state index in [1.807, 2.05) is 30.3 Å². The van der Waals surface area contributed by atoms with E-state index in [-0.39, 0.29) is 18.8 Å². The molecule has 1 aromatic heterocycles. The number of nitrogens with one attached hydrogen (secondary N) is 1. The molecule has 1 aromatic carbocycles. The summed E-state index contributed by atoms with van der Waals surface area (Å²) in [5.41, 5.74) is 2.12. The lowest BCUT2D eigenvalue weighted by atomic mass is 10.2. The van der Waals surface area contributed by atoms with E-state index in [1.165, 1.54) is 0 Å². The zero-order valence-corrected chi connectivity index (χ0v) is 16.5. The Kier molecular flexibility index (Phi) is 6.60. The second-order valence-electron chi connectivity index (χ2n) is 7.14. The summed E-state index contributed by atoms with van der Waals surface area (Å²) in [5, 5.41) is 7.16. The largest absolute Gasteiger partial charge is 0.461 e. The molecule has 7 heteroatoms. The van der Waals surface area contributed by atoms with Crippen molar-refractivity contribution in [2.24, 2.45) is 0 Å². The maximum atomic E-state index is 12.2. The fourth-order valence-corrected chi connectivity index (χ4v) is 2.56. The fourth-order valence-electron chi connectivity index (χ4n) is 2.56. The van der Waals surface area contributed by atoms with E-state index in [0.717, 1.165) is 11.3 Å². The minimum Gasteiger partial charge on any atom is -0.461 e. The Balaban J connectivity index is 2.26. The van der Waals surface area contributed by atoms with Crippen LogP contribution in [0.25, 0.3) is 0 Å². The number of hydrogen-bond donors (Lipinski definition) is 1. The average Bonchev–Trinajstić information content (AvgIpc) is 2.88. The molecule has 0 atom stereocenters. The number of esters is 1. The Bertz CT molecular complexity index is 792. The van der Waals surface area contributed by atoms with Crippen molar-refractivity contribution < 1.29 is 19.1 Å². The van der Waals surface area contributed by atoms with Crippen molar-refractivity contribution in [2.75, 3.05) is 6.61 Å². The molecular formula is C20H27N3O4. The number of alkyl carbamates (subject to hydrolysis) is 1. The summed E-state index contributed by atoms with van der Waals surface area (Å²) in [6.07, 6.45) is -0.521. The molecule has 7 nitrogen and oxygen atoms in total. The van der Waals surface area contributed by atoms with Gasteiger partial charge in [0, 0.05) is 5.56 Å². The highest BCUT2D eigenvalue weighted by Crippen LogP contribution is 2.17. The Hall–Kier alpha value is -2.83. The second kappa shape index (κ2) is 8.70. The molecule has 2 aromatic rings. The summed E-state index contributed by atoms with van der Waals surface area (Å²) in [4.78, 5) is 24.2. The van der Waals surface area contributed by atoms with Crippen LogP contribution in [-0.2, 0) is 22.6 Å². The van der Waals surface area contributed by atoms with Gasteiger partial charge in [0.1, 0.15) is 5.60 Å². The van der Waals surface area contributed by atoms with Crippen LogP contribution >= 0.6 is 0 Å². The van der Waals surface area contributed by atoms with Gasteiger partial charge in [-0.1, -0.05) is 30.3 Å². The lowest BCUT2D eigenvalue weighted by molar-refractivity contribution is 0.0510. The first-order valence-corrected chi connectivity index (χ1v) is 8.95. The minimum absolute atomic E-state index is 0.194. The third-order valence-electron chi connectivity index (χ3n) is 3.76. The van der Waals surface area contributed by atoms with Crippen LogP contribution in [0.2, 0.25) is 0 Å². The zero-order chi connectivity index (χ0) is 20.0. The maximum absolute atomic E-state index is 12.2. The predicted octanol–water partition coefficient (Wildman–Crippen LogP) is 3.44. The molecule has 0 saturated carbocycles. The van der Waals surface area contributed by atoms with Crippen molar-refractivity contribution in [1.82, 2.24) is 15.1 Å². The Morgan fingerprint density at radius 1 is 1.19 bits per heavy atom. The number of rotatable bonds is 6. The van der Waals surface area contributed by atoms with E-state index in [1.54, 1.807) is 39.3 Å². The Labute approximate surface area is 159 Å². The smallest absolute Gasteiger partial charge is 0.407 e. The van der Waals surface area contributed by atoms with Gasteiger partial charge in [0.15, 0.2) is 5.69 Å². The van der Waals surface area contributed by atoms with Gasteiger partial charge in [0.05, 0.1) is 25.4 Å². The van der Waals surface area contributed by atoms with Crippen LogP contribution in [0, 0.1) is 6.92 Å². The van der Waals surface area contributed by atoms with Gasteiger partial charge in [-0.05, 0) is 40.2 Å². The van der Waals surface area contributed by atoms with Gasteiger partial charge >= 0.3 is 12.1 Å². The summed E-state index contributed by atoms with van der Waals surface area (Å²) in [5.74, 6) is -0.472. The summed E-state index contributed by atoms with van der Waals surface area (Å²) in [6, 6.07) is 9.78. The highest BCUT2D eigenvalue weighted by Gasteiger charge is 2.22. The number of benzene rings is 1. The van der Waals surface area contributed by atoms with Gasteiger partial charge in [0.2, 0.25) is 0 Å². The molecule has 0 unspecified atom stereocenters. The van der Waals surface area contributed by atoms with Crippen LogP contribution in [-0.4, -0.2) is 34.1 Å². The molecule has 1 amide bonds. The SMILES string of the molecule is CCOC(=O)c1nn(Cc2ccccc2)c(CNC(=O)OC(C)(C)C)c1C. The summed E-state index contributed by atoms with van der Waals surface area (Å²) < 4.78 is 12.1. The van der Waals surface area contributed by atoms with E-state index < -0.39 is 17.7 Å². The van der Waals surface area contributed by atoms with Crippen molar-refractivity contribution in [3.8, 4) is 0 Å². The van der Waals surface area contributed by atoms with Gasteiger partial charge in [-0.2, -0.15) is 5.10 Å². The fraction of sp³-hybridized carbons (Fsp3) is 0.450. The first-order valence-electron chi connectivity index (χ1n) is 8.95. The average molecular weight is 373 g/mol. The lowest BCUT2D eigenvalue weighted by Gasteiger charge is -2.20. The van der Waals surface area contributed by atoms with Crippen LogP contribution in [0.3, 0.4) is 0 Å². The van der Waals surface area contributed by atoms with E-state index in [4.69, 9.17) is 9.47 Å². The van der Waals surface area contributed by atoms with Crippen LogP contribution in [0.15, 0.2) is 30.3 Å². The van der Waals surface area contributed by atoms with Crippen LogP contribution in [0.4, 0.5) is 4.79 Å². The summed E-state index contributed by atoms with van der Waals surface area (Å²) >= 11 is 0.